The fraction of sp³-hybridized carbons (Fsp3) is 0.118. The SMILES string of the molecule is Nc1nccnc1C(=O)NCCN1C(=O)S/C(=C\c2ccc(Cl)cc2Cl)C1=O. The highest BCUT2D eigenvalue weighted by Crippen LogP contribution is 2.33. The average Bonchev–Trinajstić information content (AvgIpc) is 2.91. The molecular formula is C17H13Cl2N5O3S. The Morgan fingerprint density at radius 1 is 1.25 bits per heavy atom. The number of rotatable bonds is 5. The standard InChI is InChI=1S/C17H13Cl2N5O3S/c18-10-2-1-9(11(19)8-10)7-12-16(26)24(17(27)28-12)6-5-23-15(25)13-14(20)22-4-3-21-13/h1-4,7-8H,5-6H2,(H2,20,22)(H,23,25)/b12-7-. The first-order valence-corrected chi connectivity index (χ1v) is 9.49. The first-order valence-electron chi connectivity index (χ1n) is 7.92. The van der Waals surface area contributed by atoms with Gasteiger partial charge < -0.3 is 11.1 Å². The third kappa shape index (κ3) is 4.44. The molecule has 0 aliphatic carbocycles. The third-order valence-corrected chi connectivity index (χ3v) is 5.16. The van der Waals surface area contributed by atoms with Crippen molar-refractivity contribution >= 4 is 63.9 Å². The number of thioether (sulfide) groups is 1. The van der Waals surface area contributed by atoms with Crippen molar-refractivity contribution in [2.45, 2.75) is 0 Å². The normalized spacial score (nSPS) is 15.4. The van der Waals surface area contributed by atoms with Crippen LogP contribution in [-0.2, 0) is 4.79 Å². The van der Waals surface area contributed by atoms with Crippen molar-refractivity contribution in [2.75, 3.05) is 18.8 Å². The molecule has 1 aliphatic heterocycles. The Morgan fingerprint density at radius 2 is 2.00 bits per heavy atom. The van der Waals surface area contributed by atoms with Crippen LogP contribution in [0.5, 0.6) is 0 Å². The van der Waals surface area contributed by atoms with Crippen molar-refractivity contribution in [1.82, 2.24) is 20.2 Å². The second-order valence-electron chi connectivity index (χ2n) is 5.55. The summed E-state index contributed by atoms with van der Waals surface area (Å²) in [6.07, 6.45) is 4.24. The lowest BCUT2D eigenvalue weighted by Crippen LogP contribution is -2.37. The maximum absolute atomic E-state index is 12.5. The summed E-state index contributed by atoms with van der Waals surface area (Å²) >= 11 is 12.8. The van der Waals surface area contributed by atoms with Crippen LogP contribution in [-0.4, -0.2) is 45.0 Å². The Bertz CT molecular complexity index is 999. The topological polar surface area (TPSA) is 118 Å². The number of nitrogens with two attached hydrogens (primary N) is 1. The Kier molecular flexibility index (Phi) is 6.18. The van der Waals surface area contributed by atoms with Gasteiger partial charge in [-0.2, -0.15) is 0 Å². The van der Waals surface area contributed by atoms with Crippen molar-refractivity contribution in [1.29, 1.82) is 0 Å². The number of carbonyl (C=O) groups excluding carboxylic acids is 3. The molecule has 11 heteroatoms. The van der Waals surface area contributed by atoms with E-state index in [1.54, 1.807) is 18.2 Å². The highest BCUT2D eigenvalue weighted by Gasteiger charge is 2.34. The smallest absolute Gasteiger partial charge is 0.293 e. The monoisotopic (exact) mass is 437 g/mol. The van der Waals surface area contributed by atoms with E-state index in [1.165, 1.54) is 18.5 Å². The van der Waals surface area contributed by atoms with E-state index in [-0.39, 0.29) is 29.5 Å². The van der Waals surface area contributed by atoms with E-state index in [0.29, 0.717) is 15.6 Å². The minimum absolute atomic E-state index is 0.00225. The molecule has 0 bridgehead atoms. The summed E-state index contributed by atoms with van der Waals surface area (Å²) in [5.74, 6) is -1.01. The van der Waals surface area contributed by atoms with Crippen molar-refractivity contribution in [3.05, 3.63) is 56.8 Å². The van der Waals surface area contributed by atoms with Crippen LogP contribution in [0.15, 0.2) is 35.5 Å². The number of aromatic nitrogens is 2. The van der Waals surface area contributed by atoms with Gasteiger partial charge in [-0.05, 0) is 35.5 Å². The van der Waals surface area contributed by atoms with Crippen molar-refractivity contribution in [2.24, 2.45) is 0 Å². The number of halogens is 2. The first-order chi connectivity index (χ1) is 13.4. The fourth-order valence-electron chi connectivity index (χ4n) is 2.34. The van der Waals surface area contributed by atoms with Gasteiger partial charge in [0.05, 0.1) is 4.91 Å². The molecule has 1 aromatic carbocycles. The third-order valence-electron chi connectivity index (χ3n) is 3.69. The van der Waals surface area contributed by atoms with E-state index in [9.17, 15) is 14.4 Å². The van der Waals surface area contributed by atoms with E-state index in [1.807, 2.05) is 0 Å². The van der Waals surface area contributed by atoms with Gasteiger partial charge >= 0.3 is 0 Å². The summed E-state index contributed by atoms with van der Waals surface area (Å²) in [7, 11) is 0. The first kappa shape index (κ1) is 20.1. The van der Waals surface area contributed by atoms with Crippen LogP contribution in [0.25, 0.3) is 6.08 Å². The van der Waals surface area contributed by atoms with Crippen LogP contribution >= 0.6 is 35.0 Å². The van der Waals surface area contributed by atoms with Crippen molar-refractivity contribution in [3.8, 4) is 0 Å². The summed E-state index contributed by atoms with van der Waals surface area (Å²) < 4.78 is 0. The van der Waals surface area contributed by atoms with Gasteiger partial charge in [0.15, 0.2) is 11.5 Å². The molecule has 0 atom stereocenters. The zero-order valence-electron chi connectivity index (χ0n) is 14.2. The van der Waals surface area contributed by atoms with Gasteiger partial charge in [0, 0.05) is 35.5 Å². The fourth-order valence-corrected chi connectivity index (χ4v) is 3.66. The molecule has 144 valence electrons. The lowest BCUT2D eigenvalue weighted by Gasteiger charge is -2.13. The number of nitrogens with one attached hydrogen (secondary N) is 1. The van der Waals surface area contributed by atoms with Crippen LogP contribution in [0.3, 0.4) is 0 Å². The molecular weight excluding hydrogens is 425 g/mol. The minimum Gasteiger partial charge on any atom is -0.382 e. The maximum Gasteiger partial charge on any atom is 0.293 e. The van der Waals surface area contributed by atoms with Gasteiger partial charge in [-0.25, -0.2) is 9.97 Å². The molecule has 3 N–H and O–H groups in total. The van der Waals surface area contributed by atoms with Gasteiger partial charge in [0.2, 0.25) is 0 Å². The minimum atomic E-state index is -0.541. The largest absolute Gasteiger partial charge is 0.382 e. The molecule has 2 heterocycles. The number of hydrogen-bond acceptors (Lipinski definition) is 7. The molecule has 3 rings (SSSR count). The quantitative estimate of drug-likeness (QED) is 0.690. The molecule has 0 radical (unpaired) electrons. The van der Waals surface area contributed by atoms with E-state index in [4.69, 9.17) is 28.9 Å². The molecule has 8 nitrogen and oxygen atoms in total. The van der Waals surface area contributed by atoms with Gasteiger partial charge in [0.25, 0.3) is 17.1 Å². The molecule has 3 amide bonds. The Balaban J connectivity index is 1.63. The molecule has 0 spiro atoms. The number of hydrogen-bond donors (Lipinski definition) is 2. The van der Waals surface area contributed by atoms with Gasteiger partial charge in [-0.15, -0.1) is 0 Å². The summed E-state index contributed by atoms with van der Waals surface area (Å²) in [4.78, 5) is 45.6. The van der Waals surface area contributed by atoms with Gasteiger partial charge in [0.1, 0.15) is 0 Å². The van der Waals surface area contributed by atoms with Gasteiger partial charge in [-0.1, -0.05) is 29.3 Å². The second-order valence-corrected chi connectivity index (χ2v) is 7.38. The van der Waals surface area contributed by atoms with Gasteiger partial charge in [-0.3, -0.25) is 19.3 Å². The number of anilines is 1. The van der Waals surface area contributed by atoms with Crippen LogP contribution in [0, 0.1) is 0 Å². The zero-order chi connectivity index (χ0) is 20.3. The number of nitrogens with zero attached hydrogens (tertiary/aromatic N) is 3. The number of nitrogen functional groups attached to an aromatic ring is 1. The number of carbonyl (C=O) groups is 3. The second kappa shape index (κ2) is 8.59. The van der Waals surface area contributed by atoms with Crippen LogP contribution < -0.4 is 11.1 Å². The zero-order valence-corrected chi connectivity index (χ0v) is 16.5. The number of imide groups is 1. The number of benzene rings is 1. The molecule has 1 fully saturated rings. The molecule has 1 aromatic heterocycles. The number of amides is 3. The molecule has 2 aromatic rings. The predicted molar refractivity (Wildman–Crippen MR) is 108 cm³/mol. The van der Waals surface area contributed by atoms with E-state index in [0.717, 1.165) is 16.7 Å². The van der Waals surface area contributed by atoms with E-state index >= 15 is 0 Å². The molecule has 1 aliphatic rings. The highest BCUT2D eigenvalue weighted by atomic mass is 35.5. The molecule has 28 heavy (non-hydrogen) atoms. The van der Waals surface area contributed by atoms with Crippen LogP contribution in [0.2, 0.25) is 10.0 Å². The van der Waals surface area contributed by atoms with Crippen LogP contribution in [0.4, 0.5) is 10.6 Å². The summed E-state index contributed by atoms with van der Waals surface area (Å²) in [6, 6.07) is 4.84. The maximum atomic E-state index is 12.5. The Labute approximate surface area is 174 Å². The van der Waals surface area contributed by atoms with E-state index in [2.05, 4.69) is 15.3 Å². The summed E-state index contributed by atoms with van der Waals surface area (Å²) in [5.41, 5.74) is 6.14. The summed E-state index contributed by atoms with van der Waals surface area (Å²) in [6.45, 7) is 0.0458. The van der Waals surface area contributed by atoms with Crippen LogP contribution in [0.1, 0.15) is 16.1 Å². The van der Waals surface area contributed by atoms with Crippen molar-refractivity contribution in [3.63, 3.8) is 0 Å². The molecule has 0 unspecified atom stereocenters. The molecule has 0 saturated carbocycles. The lowest BCUT2D eigenvalue weighted by molar-refractivity contribution is -0.122. The predicted octanol–water partition coefficient (Wildman–Crippen LogP) is 2.83. The van der Waals surface area contributed by atoms with Crippen molar-refractivity contribution < 1.29 is 14.4 Å². The Morgan fingerprint density at radius 3 is 2.71 bits per heavy atom. The lowest BCUT2D eigenvalue weighted by atomic mass is 10.2. The van der Waals surface area contributed by atoms with E-state index < -0.39 is 17.1 Å². The Hall–Kier alpha value is -2.62. The average molecular weight is 438 g/mol. The highest BCUT2D eigenvalue weighted by molar-refractivity contribution is 8.18. The molecule has 1 saturated heterocycles. The summed E-state index contributed by atoms with van der Waals surface area (Å²) in [5, 5.41) is 2.96.